The number of nitrogens with one attached hydrogen (secondary N) is 2. The van der Waals surface area contributed by atoms with Crippen LogP contribution in [0.5, 0.6) is 0 Å². The number of amides is 1. The normalized spacial score (nSPS) is 11.9. The average Bonchev–Trinajstić information content (AvgIpc) is 2.93. The maximum atomic E-state index is 13.3. The van der Waals surface area contributed by atoms with Crippen LogP contribution in [0.4, 0.5) is 10.1 Å². The van der Waals surface area contributed by atoms with Crippen molar-refractivity contribution in [2.45, 2.75) is 12.5 Å². The number of nitrogen functional groups attached to an aromatic ring is 1. The molecule has 0 fully saturated rings. The Labute approximate surface area is 119 Å². The number of benzene rings is 1. The van der Waals surface area contributed by atoms with Gasteiger partial charge in [-0.05, 0) is 12.1 Å². The molecule has 1 atom stereocenters. The zero-order chi connectivity index (χ0) is 15.4. The first-order valence-corrected chi connectivity index (χ1v) is 6.04. The van der Waals surface area contributed by atoms with Gasteiger partial charge in [0.25, 0.3) is 5.91 Å². The van der Waals surface area contributed by atoms with Crippen LogP contribution in [0, 0.1) is 5.82 Å². The number of aromatic amines is 1. The Hall–Kier alpha value is -2.90. The number of para-hydroxylation sites is 1. The summed E-state index contributed by atoms with van der Waals surface area (Å²) in [6.07, 6.45) is 2.88. The Morgan fingerprint density at radius 2 is 2.24 bits per heavy atom. The molecule has 2 rings (SSSR count). The van der Waals surface area contributed by atoms with E-state index in [0.717, 1.165) is 6.07 Å². The molecule has 1 aromatic carbocycles. The number of hydrogen-bond acceptors (Lipinski definition) is 4. The third-order valence-corrected chi connectivity index (χ3v) is 2.88. The molecule has 110 valence electrons. The van der Waals surface area contributed by atoms with Gasteiger partial charge in [0.2, 0.25) is 0 Å². The molecule has 0 aliphatic carbocycles. The van der Waals surface area contributed by atoms with E-state index < -0.39 is 23.7 Å². The highest BCUT2D eigenvalue weighted by molar-refractivity contribution is 6.00. The standard InChI is InChI=1S/C13H13FN4O3/c14-9-3-1-2-8(11(9)15)12(19)18-10(13(20)21)4-7-5-16-6-17-7/h1-3,5-6,10H,4,15H2,(H,16,17)(H,18,19)(H,20,21). The minimum atomic E-state index is -1.21. The van der Waals surface area contributed by atoms with Gasteiger partial charge in [0.05, 0.1) is 17.6 Å². The summed E-state index contributed by atoms with van der Waals surface area (Å²) in [5, 5.41) is 11.4. The van der Waals surface area contributed by atoms with E-state index in [1.54, 1.807) is 0 Å². The van der Waals surface area contributed by atoms with Crippen molar-refractivity contribution in [1.82, 2.24) is 15.3 Å². The lowest BCUT2D eigenvalue weighted by Gasteiger charge is -2.14. The van der Waals surface area contributed by atoms with Crippen molar-refractivity contribution in [1.29, 1.82) is 0 Å². The van der Waals surface area contributed by atoms with Crippen LogP contribution in [0.3, 0.4) is 0 Å². The molecule has 0 radical (unpaired) electrons. The van der Waals surface area contributed by atoms with Crippen LogP contribution in [0.15, 0.2) is 30.7 Å². The molecule has 0 spiro atoms. The van der Waals surface area contributed by atoms with Crippen molar-refractivity contribution in [3.05, 3.63) is 47.8 Å². The summed E-state index contributed by atoms with van der Waals surface area (Å²) in [6.45, 7) is 0. The third kappa shape index (κ3) is 3.35. The number of H-pyrrole nitrogens is 1. The molecule has 0 saturated heterocycles. The Morgan fingerprint density at radius 1 is 1.48 bits per heavy atom. The van der Waals surface area contributed by atoms with E-state index in [2.05, 4.69) is 15.3 Å². The topological polar surface area (TPSA) is 121 Å². The molecule has 1 heterocycles. The van der Waals surface area contributed by atoms with Gasteiger partial charge in [-0.15, -0.1) is 0 Å². The summed E-state index contributed by atoms with van der Waals surface area (Å²) in [7, 11) is 0. The summed E-state index contributed by atoms with van der Waals surface area (Å²) in [6, 6.07) is 2.58. The summed E-state index contributed by atoms with van der Waals surface area (Å²) < 4.78 is 13.3. The summed E-state index contributed by atoms with van der Waals surface area (Å²) in [5.41, 5.74) is 5.60. The van der Waals surface area contributed by atoms with Crippen molar-refractivity contribution >= 4 is 17.6 Å². The molecule has 0 saturated carbocycles. The number of aromatic nitrogens is 2. The molecule has 5 N–H and O–H groups in total. The number of carboxylic acids is 1. The van der Waals surface area contributed by atoms with Gasteiger partial charge in [-0.2, -0.15) is 0 Å². The predicted molar refractivity (Wildman–Crippen MR) is 72.0 cm³/mol. The van der Waals surface area contributed by atoms with Gasteiger partial charge in [0.1, 0.15) is 11.9 Å². The number of halogens is 1. The van der Waals surface area contributed by atoms with E-state index in [1.807, 2.05) is 0 Å². The maximum Gasteiger partial charge on any atom is 0.326 e. The van der Waals surface area contributed by atoms with E-state index in [-0.39, 0.29) is 17.7 Å². The van der Waals surface area contributed by atoms with Gasteiger partial charge in [0, 0.05) is 18.3 Å². The van der Waals surface area contributed by atoms with E-state index in [4.69, 9.17) is 10.8 Å². The number of aliphatic carboxylic acids is 1. The van der Waals surface area contributed by atoms with E-state index in [9.17, 15) is 14.0 Å². The molecule has 1 amide bonds. The second kappa shape index (κ2) is 6.04. The van der Waals surface area contributed by atoms with Crippen LogP contribution >= 0.6 is 0 Å². The van der Waals surface area contributed by atoms with Gasteiger partial charge in [-0.1, -0.05) is 6.07 Å². The van der Waals surface area contributed by atoms with Crippen LogP contribution in [0.1, 0.15) is 16.1 Å². The van der Waals surface area contributed by atoms with Gasteiger partial charge in [0.15, 0.2) is 0 Å². The van der Waals surface area contributed by atoms with E-state index >= 15 is 0 Å². The van der Waals surface area contributed by atoms with Crippen molar-refractivity contribution < 1.29 is 19.1 Å². The monoisotopic (exact) mass is 292 g/mol. The minimum absolute atomic E-state index is 0.0241. The fraction of sp³-hybridized carbons (Fsp3) is 0.154. The zero-order valence-electron chi connectivity index (χ0n) is 10.8. The molecule has 21 heavy (non-hydrogen) atoms. The lowest BCUT2D eigenvalue weighted by molar-refractivity contribution is -0.139. The average molecular weight is 292 g/mol. The number of carboxylic acid groups (broad SMARTS) is 1. The number of nitrogens with two attached hydrogens (primary N) is 1. The molecule has 0 bridgehead atoms. The van der Waals surface area contributed by atoms with Crippen LogP contribution in [-0.4, -0.2) is 33.0 Å². The van der Waals surface area contributed by atoms with Crippen LogP contribution in [0.2, 0.25) is 0 Å². The largest absolute Gasteiger partial charge is 0.480 e. The fourth-order valence-electron chi connectivity index (χ4n) is 1.79. The number of rotatable bonds is 5. The number of imidazole rings is 1. The van der Waals surface area contributed by atoms with Gasteiger partial charge in [-0.3, -0.25) is 4.79 Å². The Balaban J connectivity index is 2.15. The number of hydrogen-bond donors (Lipinski definition) is 4. The highest BCUT2D eigenvalue weighted by Crippen LogP contribution is 2.15. The first kappa shape index (κ1) is 14.5. The molecule has 8 heteroatoms. The number of carbonyl (C=O) groups excluding carboxylic acids is 1. The van der Waals surface area contributed by atoms with E-state index in [1.165, 1.54) is 24.7 Å². The van der Waals surface area contributed by atoms with Gasteiger partial charge < -0.3 is 21.1 Å². The lowest BCUT2D eigenvalue weighted by Crippen LogP contribution is -2.42. The van der Waals surface area contributed by atoms with Crippen molar-refractivity contribution in [2.24, 2.45) is 0 Å². The van der Waals surface area contributed by atoms with E-state index in [0.29, 0.717) is 5.69 Å². The minimum Gasteiger partial charge on any atom is -0.480 e. The SMILES string of the molecule is Nc1c(F)cccc1C(=O)NC(Cc1cnc[nH]1)C(=O)O. The number of carbonyl (C=O) groups is 2. The first-order valence-electron chi connectivity index (χ1n) is 6.04. The Kier molecular flexibility index (Phi) is 4.17. The molecule has 0 aliphatic heterocycles. The zero-order valence-corrected chi connectivity index (χ0v) is 10.8. The quantitative estimate of drug-likeness (QED) is 0.600. The molecular formula is C13H13FN4O3. The maximum absolute atomic E-state index is 13.3. The number of anilines is 1. The first-order chi connectivity index (χ1) is 9.99. The van der Waals surface area contributed by atoms with Crippen molar-refractivity contribution in [3.63, 3.8) is 0 Å². The van der Waals surface area contributed by atoms with Gasteiger partial charge in [-0.25, -0.2) is 14.2 Å². The predicted octanol–water partition coefficient (Wildman–Crippen LogP) is 0.557. The molecule has 7 nitrogen and oxygen atoms in total. The summed E-state index contributed by atoms with van der Waals surface area (Å²) >= 11 is 0. The highest BCUT2D eigenvalue weighted by atomic mass is 19.1. The second-order valence-corrected chi connectivity index (χ2v) is 4.35. The Bertz CT molecular complexity index is 657. The molecule has 0 aliphatic rings. The summed E-state index contributed by atoms with van der Waals surface area (Å²) in [5.74, 6) is -2.70. The molecule has 1 unspecified atom stereocenters. The molecule has 2 aromatic rings. The Morgan fingerprint density at radius 3 is 2.86 bits per heavy atom. The van der Waals surface area contributed by atoms with Crippen LogP contribution in [0.25, 0.3) is 0 Å². The van der Waals surface area contributed by atoms with Gasteiger partial charge >= 0.3 is 5.97 Å². The summed E-state index contributed by atoms with van der Waals surface area (Å²) in [4.78, 5) is 29.7. The smallest absolute Gasteiger partial charge is 0.326 e. The van der Waals surface area contributed by atoms with Crippen molar-refractivity contribution in [3.8, 4) is 0 Å². The fourth-order valence-corrected chi connectivity index (χ4v) is 1.79. The van der Waals surface area contributed by atoms with Crippen LogP contribution in [-0.2, 0) is 11.2 Å². The molecule has 1 aromatic heterocycles. The second-order valence-electron chi connectivity index (χ2n) is 4.35. The van der Waals surface area contributed by atoms with Crippen molar-refractivity contribution in [2.75, 3.05) is 5.73 Å². The third-order valence-electron chi connectivity index (χ3n) is 2.88. The highest BCUT2D eigenvalue weighted by Gasteiger charge is 2.23. The number of nitrogens with zero attached hydrogens (tertiary/aromatic N) is 1. The van der Waals surface area contributed by atoms with Crippen LogP contribution < -0.4 is 11.1 Å². The lowest BCUT2D eigenvalue weighted by atomic mass is 10.1. The molecular weight excluding hydrogens is 279 g/mol.